The summed E-state index contributed by atoms with van der Waals surface area (Å²) >= 11 is 6.18. The first-order valence-electron chi connectivity index (χ1n) is 11.1. The van der Waals surface area contributed by atoms with Crippen LogP contribution >= 0.6 is 11.6 Å². The van der Waals surface area contributed by atoms with Crippen molar-refractivity contribution < 1.29 is 17.6 Å². The second-order valence-electron chi connectivity index (χ2n) is 8.94. The van der Waals surface area contributed by atoms with Crippen molar-refractivity contribution in [2.75, 3.05) is 6.54 Å². The Kier molecular flexibility index (Phi) is 8.15. The Balaban J connectivity index is 1.97. The number of benzene rings is 2. The zero-order chi connectivity index (χ0) is 25.0. The van der Waals surface area contributed by atoms with Crippen molar-refractivity contribution in [3.8, 4) is 0 Å². The summed E-state index contributed by atoms with van der Waals surface area (Å²) in [4.78, 5) is 19.0. The highest BCUT2D eigenvalue weighted by Crippen LogP contribution is 2.26. The van der Waals surface area contributed by atoms with Crippen LogP contribution in [0.4, 0.5) is 4.39 Å². The summed E-state index contributed by atoms with van der Waals surface area (Å²) < 4.78 is 41.9. The molecule has 182 valence electrons. The molecule has 0 aliphatic rings. The van der Waals surface area contributed by atoms with E-state index in [2.05, 4.69) is 4.98 Å². The molecule has 9 heteroatoms. The van der Waals surface area contributed by atoms with Crippen LogP contribution in [0.2, 0.25) is 5.02 Å². The second-order valence-corrected chi connectivity index (χ2v) is 11.2. The van der Waals surface area contributed by atoms with E-state index in [-0.39, 0.29) is 40.9 Å². The average molecular weight is 506 g/mol. The number of nitrogens with zero attached hydrogens (tertiary/aromatic N) is 3. The Bertz CT molecular complexity index is 1270. The van der Waals surface area contributed by atoms with E-state index in [1.807, 2.05) is 27.7 Å². The standard InChI is InChI=1S/C25H29ClFN3O3S/c1-17(2)14-29(24(31)19-9-7-10-21(27)12-19)15-22-13-28-25(30(22)18(3)4)34(32,33)16-20-8-5-6-11-23(20)26/h5-13,17-18H,14-16H2,1-4H3. The minimum absolute atomic E-state index is 0.0693. The third kappa shape index (κ3) is 6.04. The van der Waals surface area contributed by atoms with Gasteiger partial charge in [-0.25, -0.2) is 17.8 Å². The molecule has 1 aromatic heterocycles. The quantitative estimate of drug-likeness (QED) is 0.383. The van der Waals surface area contributed by atoms with Crippen molar-refractivity contribution in [3.63, 3.8) is 0 Å². The van der Waals surface area contributed by atoms with Gasteiger partial charge >= 0.3 is 0 Å². The highest BCUT2D eigenvalue weighted by atomic mass is 35.5. The molecule has 34 heavy (non-hydrogen) atoms. The fourth-order valence-electron chi connectivity index (χ4n) is 3.82. The molecule has 0 radical (unpaired) electrons. The number of carbonyl (C=O) groups is 1. The zero-order valence-electron chi connectivity index (χ0n) is 19.7. The summed E-state index contributed by atoms with van der Waals surface area (Å²) in [6.45, 7) is 8.23. The molecular weight excluding hydrogens is 477 g/mol. The Morgan fingerprint density at radius 1 is 1.12 bits per heavy atom. The molecule has 0 aliphatic heterocycles. The van der Waals surface area contributed by atoms with Crippen LogP contribution in [0.25, 0.3) is 0 Å². The molecule has 0 atom stereocenters. The lowest BCUT2D eigenvalue weighted by molar-refractivity contribution is 0.0717. The Hall–Kier alpha value is -2.71. The van der Waals surface area contributed by atoms with Gasteiger partial charge in [-0.05, 0) is 49.6 Å². The summed E-state index contributed by atoms with van der Waals surface area (Å²) in [6, 6.07) is 12.1. The lowest BCUT2D eigenvalue weighted by atomic mass is 10.1. The van der Waals surface area contributed by atoms with Crippen molar-refractivity contribution in [3.05, 3.63) is 82.4 Å². The van der Waals surface area contributed by atoms with Crippen molar-refractivity contribution in [2.45, 2.75) is 51.2 Å². The maximum absolute atomic E-state index is 13.7. The number of rotatable bonds is 9. The maximum atomic E-state index is 13.7. The van der Waals surface area contributed by atoms with Gasteiger partial charge in [0, 0.05) is 23.2 Å². The first-order valence-corrected chi connectivity index (χ1v) is 13.1. The monoisotopic (exact) mass is 505 g/mol. The topological polar surface area (TPSA) is 72.3 Å². The molecule has 0 unspecified atom stereocenters. The second kappa shape index (κ2) is 10.7. The SMILES string of the molecule is CC(C)CN(Cc1cnc(S(=O)(=O)Cc2ccccc2Cl)n1C(C)C)C(=O)c1cccc(F)c1. The molecule has 0 aliphatic carbocycles. The third-order valence-electron chi connectivity index (χ3n) is 5.23. The predicted octanol–water partition coefficient (Wildman–Crippen LogP) is 5.53. The molecule has 0 saturated carbocycles. The number of hydrogen-bond donors (Lipinski definition) is 0. The fraction of sp³-hybridized carbons (Fsp3) is 0.360. The van der Waals surface area contributed by atoms with Crippen LogP contribution in [0.3, 0.4) is 0 Å². The molecule has 1 amide bonds. The van der Waals surface area contributed by atoms with Crippen LogP contribution in [0.1, 0.15) is 55.4 Å². The normalized spacial score (nSPS) is 11.9. The minimum atomic E-state index is -3.81. The predicted molar refractivity (Wildman–Crippen MR) is 131 cm³/mol. The molecule has 3 rings (SSSR count). The van der Waals surface area contributed by atoms with E-state index in [0.29, 0.717) is 22.8 Å². The number of imidazole rings is 1. The molecule has 3 aromatic rings. The summed E-state index contributed by atoms with van der Waals surface area (Å²) in [6.07, 6.45) is 1.49. The van der Waals surface area contributed by atoms with E-state index in [0.717, 1.165) is 0 Å². The van der Waals surface area contributed by atoms with Gasteiger partial charge in [0.15, 0.2) is 0 Å². The van der Waals surface area contributed by atoms with E-state index >= 15 is 0 Å². The zero-order valence-corrected chi connectivity index (χ0v) is 21.3. The number of halogens is 2. The molecule has 1 heterocycles. The number of amides is 1. The lowest BCUT2D eigenvalue weighted by Crippen LogP contribution is -2.34. The largest absolute Gasteiger partial charge is 0.333 e. The van der Waals surface area contributed by atoms with Gasteiger partial charge in [-0.15, -0.1) is 0 Å². The highest BCUT2D eigenvalue weighted by Gasteiger charge is 2.28. The van der Waals surface area contributed by atoms with Gasteiger partial charge in [-0.2, -0.15) is 0 Å². The average Bonchev–Trinajstić information content (AvgIpc) is 3.19. The summed E-state index contributed by atoms with van der Waals surface area (Å²) in [5.74, 6) is -0.953. The van der Waals surface area contributed by atoms with Crippen LogP contribution in [-0.2, 0) is 22.1 Å². The molecule has 0 N–H and O–H groups in total. The van der Waals surface area contributed by atoms with Crippen LogP contribution in [0.5, 0.6) is 0 Å². The lowest BCUT2D eigenvalue weighted by Gasteiger charge is -2.26. The van der Waals surface area contributed by atoms with Crippen LogP contribution in [0.15, 0.2) is 59.9 Å². The highest BCUT2D eigenvalue weighted by molar-refractivity contribution is 7.90. The molecule has 2 aromatic carbocycles. The molecule has 0 bridgehead atoms. The fourth-order valence-corrected chi connectivity index (χ4v) is 5.73. The summed E-state index contributed by atoms with van der Waals surface area (Å²) in [7, 11) is -3.81. The van der Waals surface area contributed by atoms with Crippen LogP contribution < -0.4 is 0 Å². The van der Waals surface area contributed by atoms with Crippen LogP contribution in [-0.4, -0.2) is 35.3 Å². The van der Waals surface area contributed by atoms with Crippen molar-refractivity contribution in [1.29, 1.82) is 0 Å². The third-order valence-corrected chi connectivity index (χ3v) is 7.15. The Labute approximate surface area is 205 Å². The number of hydrogen-bond acceptors (Lipinski definition) is 4. The van der Waals surface area contributed by atoms with Gasteiger partial charge in [0.05, 0.1) is 24.2 Å². The summed E-state index contributed by atoms with van der Waals surface area (Å²) in [5.41, 5.74) is 1.31. The van der Waals surface area contributed by atoms with Crippen LogP contribution in [0, 0.1) is 11.7 Å². The van der Waals surface area contributed by atoms with Crippen molar-refractivity contribution >= 4 is 27.3 Å². The van der Waals surface area contributed by atoms with Gasteiger partial charge in [-0.3, -0.25) is 4.79 Å². The van der Waals surface area contributed by atoms with E-state index in [4.69, 9.17) is 11.6 Å². The summed E-state index contributed by atoms with van der Waals surface area (Å²) in [5, 5.41) is 0.304. The Morgan fingerprint density at radius 3 is 2.44 bits per heavy atom. The number of sulfone groups is 1. The van der Waals surface area contributed by atoms with E-state index < -0.39 is 15.7 Å². The molecular formula is C25H29ClFN3O3S. The molecule has 0 fully saturated rings. The molecule has 6 nitrogen and oxygen atoms in total. The van der Waals surface area contributed by atoms with E-state index in [1.54, 1.807) is 39.8 Å². The van der Waals surface area contributed by atoms with Gasteiger partial charge in [-0.1, -0.05) is 49.7 Å². The Morgan fingerprint density at radius 2 is 1.82 bits per heavy atom. The van der Waals surface area contributed by atoms with Crippen molar-refractivity contribution in [1.82, 2.24) is 14.5 Å². The van der Waals surface area contributed by atoms with Crippen molar-refractivity contribution in [2.24, 2.45) is 5.92 Å². The number of aromatic nitrogens is 2. The molecule has 0 saturated heterocycles. The number of carbonyl (C=O) groups excluding carboxylic acids is 1. The first-order chi connectivity index (χ1) is 16.0. The molecule has 0 spiro atoms. The van der Waals surface area contributed by atoms with E-state index in [9.17, 15) is 17.6 Å². The van der Waals surface area contributed by atoms with E-state index in [1.165, 1.54) is 24.4 Å². The maximum Gasteiger partial charge on any atom is 0.254 e. The van der Waals surface area contributed by atoms with Gasteiger partial charge in [0.25, 0.3) is 5.91 Å². The van der Waals surface area contributed by atoms with Gasteiger partial charge < -0.3 is 9.47 Å². The first kappa shape index (κ1) is 25.9. The minimum Gasteiger partial charge on any atom is -0.333 e. The van der Waals surface area contributed by atoms with Gasteiger partial charge in [0.2, 0.25) is 15.0 Å². The van der Waals surface area contributed by atoms with Gasteiger partial charge in [0.1, 0.15) is 5.82 Å². The smallest absolute Gasteiger partial charge is 0.254 e.